The molecular formula is C15H13N7O2. The lowest BCUT2D eigenvalue weighted by Crippen LogP contribution is -2.30. The number of rotatable bonds is 3. The van der Waals surface area contributed by atoms with Gasteiger partial charge in [0.05, 0.1) is 29.0 Å². The Morgan fingerprint density at radius 1 is 1.21 bits per heavy atom. The number of nitrogens with one attached hydrogen (secondary N) is 3. The second-order valence-electron chi connectivity index (χ2n) is 5.26. The van der Waals surface area contributed by atoms with Crippen LogP contribution in [0.3, 0.4) is 0 Å². The molecule has 1 atom stereocenters. The van der Waals surface area contributed by atoms with Crippen molar-refractivity contribution in [3.05, 3.63) is 64.6 Å². The summed E-state index contributed by atoms with van der Waals surface area (Å²) >= 11 is 0. The van der Waals surface area contributed by atoms with Gasteiger partial charge in [-0.2, -0.15) is 10.1 Å². The fraction of sp³-hybridized carbons (Fsp3) is 0.0667. The van der Waals surface area contributed by atoms with Crippen molar-refractivity contribution in [1.82, 2.24) is 20.2 Å². The van der Waals surface area contributed by atoms with E-state index in [1.807, 2.05) is 35.2 Å². The first-order valence-electron chi connectivity index (χ1n) is 7.18. The third-order valence-electron chi connectivity index (χ3n) is 3.83. The van der Waals surface area contributed by atoms with Gasteiger partial charge in [0.1, 0.15) is 11.9 Å². The van der Waals surface area contributed by atoms with Crippen LogP contribution in [0.15, 0.2) is 47.5 Å². The minimum absolute atomic E-state index is 0.00183. The van der Waals surface area contributed by atoms with Gasteiger partial charge in [-0.15, -0.1) is 0 Å². The van der Waals surface area contributed by atoms with Gasteiger partial charge in [-0.05, 0) is 18.2 Å². The molecule has 4 rings (SSSR count). The van der Waals surface area contributed by atoms with Gasteiger partial charge in [0.2, 0.25) is 0 Å². The van der Waals surface area contributed by atoms with Gasteiger partial charge in [0, 0.05) is 6.20 Å². The van der Waals surface area contributed by atoms with Crippen LogP contribution < -0.4 is 21.6 Å². The maximum atomic E-state index is 11.8. The van der Waals surface area contributed by atoms with E-state index in [2.05, 4.69) is 25.5 Å². The maximum absolute atomic E-state index is 11.8. The van der Waals surface area contributed by atoms with Gasteiger partial charge in [0.25, 0.3) is 5.91 Å². The van der Waals surface area contributed by atoms with Crippen LogP contribution in [0.4, 0.5) is 17.1 Å². The van der Waals surface area contributed by atoms with Crippen LogP contribution in [-0.2, 0) is 0 Å². The number of hydrogen-bond donors (Lipinski definition) is 4. The van der Waals surface area contributed by atoms with Crippen molar-refractivity contribution in [2.24, 2.45) is 5.73 Å². The summed E-state index contributed by atoms with van der Waals surface area (Å²) in [6, 6.07) is 9.42. The zero-order chi connectivity index (χ0) is 16.7. The third-order valence-corrected chi connectivity index (χ3v) is 3.83. The Morgan fingerprint density at radius 2 is 2.04 bits per heavy atom. The highest BCUT2D eigenvalue weighted by molar-refractivity contribution is 5.98. The molecular weight excluding hydrogens is 310 g/mol. The molecule has 0 saturated heterocycles. The summed E-state index contributed by atoms with van der Waals surface area (Å²) in [7, 11) is 0. The van der Waals surface area contributed by atoms with Gasteiger partial charge in [-0.3, -0.25) is 14.9 Å². The molecule has 0 spiro atoms. The van der Waals surface area contributed by atoms with E-state index in [9.17, 15) is 9.59 Å². The molecule has 24 heavy (non-hydrogen) atoms. The Hall–Kier alpha value is -3.62. The molecule has 5 N–H and O–H groups in total. The Labute approximate surface area is 135 Å². The van der Waals surface area contributed by atoms with E-state index in [-0.39, 0.29) is 11.9 Å². The number of amides is 1. The predicted octanol–water partition coefficient (Wildman–Crippen LogP) is 0.854. The second kappa shape index (κ2) is 5.23. The van der Waals surface area contributed by atoms with Gasteiger partial charge in [0.15, 0.2) is 0 Å². The maximum Gasteiger partial charge on any atom is 0.345 e. The first-order chi connectivity index (χ1) is 11.6. The molecule has 1 unspecified atom stereocenters. The number of para-hydroxylation sites is 2. The predicted molar refractivity (Wildman–Crippen MR) is 86.9 cm³/mol. The number of anilines is 3. The molecule has 1 aliphatic heterocycles. The number of primary amides is 1. The Morgan fingerprint density at radius 3 is 2.79 bits per heavy atom. The summed E-state index contributed by atoms with van der Waals surface area (Å²) in [5.74, 6) is -0.739. The number of nitrogens with two attached hydrogens (primary N) is 1. The van der Waals surface area contributed by atoms with E-state index in [0.717, 1.165) is 17.1 Å². The van der Waals surface area contributed by atoms with E-state index in [4.69, 9.17) is 5.73 Å². The molecule has 9 nitrogen and oxygen atoms in total. The van der Waals surface area contributed by atoms with Gasteiger partial charge in [-0.1, -0.05) is 12.1 Å². The molecule has 120 valence electrons. The molecule has 9 heteroatoms. The molecule has 3 aromatic rings. The number of carbonyl (C=O) groups is 1. The number of benzene rings is 1. The van der Waals surface area contributed by atoms with E-state index in [1.165, 1.54) is 6.20 Å². The summed E-state index contributed by atoms with van der Waals surface area (Å²) < 4.78 is 0. The first kappa shape index (κ1) is 14.0. The number of H-pyrrole nitrogens is 2. The molecule has 3 heterocycles. The smallest absolute Gasteiger partial charge is 0.345 e. The zero-order valence-electron chi connectivity index (χ0n) is 12.4. The number of nitrogens with zero attached hydrogens (tertiary/aromatic N) is 3. The van der Waals surface area contributed by atoms with Crippen molar-refractivity contribution in [2.75, 3.05) is 10.2 Å². The molecule has 1 aliphatic rings. The van der Waals surface area contributed by atoms with E-state index in [0.29, 0.717) is 5.69 Å². The van der Waals surface area contributed by atoms with Crippen LogP contribution in [0.1, 0.15) is 22.3 Å². The fourth-order valence-corrected chi connectivity index (χ4v) is 2.82. The van der Waals surface area contributed by atoms with E-state index in [1.54, 1.807) is 6.20 Å². The van der Waals surface area contributed by atoms with Crippen molar-refractivity contribution >= 4 is 23.0 Å². The molecule has 0 saturated carbocycles. The lowest BCUT2D eigenvalue weighted by Gasteiger charge is -2.26. The Balaban J connectivity index is 1.93. The fourth-order valence-electron chi connectivity index (χ4n) is 2.82. The highest BCUT2D eigenvalue weighted by Crippen LogP contribution is 2.45. The summed E-state index contributed by atoms with van der Waals surface area (Å²) in [5, 5.41) is 10.2. The minimum atomic E-state index is -0.739. The van der Waals surface area contributed by atoms with Crippen LogP contribution in [0.25, 0.3) is 0 Å². The van der Waals surface area contributed by atoms with Gasteiger partial charge in [-0.25, -0.2) is 4.79 Å². The van der Waals surface area contributed by atoms with Crippen LogP contribution in [-0.4, -0.2) is 26.1 Å². The lowest BCUT2D eigenvalue weighted by atomic mass is 10.2. The Bertz CT molecular complexity index is 964. The average Bonchev–Trinajstić information content (AvgIpc) is 3.22. The summed E-state index contributed by atoms with van der Waals surface area (Å²) in [6.07, 6.45) is 2.63. The summed E-state index contributed by atoms with van der Waals surface area (Å²) in [6.45, 7) is 0. The molecule has 0 aliphatic carbocycles. The third kappa shape index (κ3) is 2.10. The SMILES string of the molecule is NC(=O)c1[nH]c(=O)ncc1N1c2ccccc2NC1c1ccn[nH]1. The topological polar surface area (TPSA) is 133 Å². The first-order valence-corrected chi connectivity index (χ1v) is 7.18. The second-order valence-corrected chi connectivity index (χ2v) is 5.26. The van der Waals surface area contributed by atoms with Crippen LogP contribution in [0.2, 0.25) is 0 Å². The van der Waals surface area contributed by atoms with Crippen LogP contribution in [0, 0.1) is 0 Å². The van der Waals surface area contributed by atoms with Crippen LogP contribution >= 0.6 is 0 Å². The molecule has 1 aromatic carbocycles. The van der Waals surface area contributed by atoms with Crippen molar-refractivity contribution < 1.29 is 4.79 Å². The average molecular weight is 323 g/mol. The van der Waals surface area contributed by atoms with E-state index < -0.39 is 11.6 Å². The highest BCUT2D eigenvalue weighted by atomic mass is 16.2. The normalized spacial score (nSPS) is 15.8. The largest absolute Gasteiger partial charge is 0.364 e. The molecule has 1 amide bonds. The standard InChI is InChI=1S/C15H13N7O2/c16-13(23)12-11(7-17-15(24)20-12)22-10-4-2-1-3-8(10)19-14(22)9-5-6-18-21-9/h1-7,14,19H,(H2,16,23)(H,18,21)(H,17,20,24). The number of hydrogen-bond acceptors (Lipinski definition) is 6. The molecule has 0 fully saturated rings. The van der Waals surface area contributed by atoms with Crippen molar-refractivity contribution in [3.63, 3.8) is 0 Å². The molecule has 2 aromatic heterocycles. The number of aromatic nitrogens is 4. The number of aromatic amines is 2. The summed E-state index contributed by atoms with van der Waals surface area (Å²) in [4.78, 5) is 31.3. The minimum Gasteiger partial charge on any atom is -0.364 e. The zero-order valence-corrected chi connectivity index (χ0v) is 12.4. The van der Waals surface area contributed by atoms with E-state index >= 15 is 0 Å². The van der Waals surface area contributed by atoms with Crippen molar-refractivity contribution in [2.45, 2.75) is 6.17 Å². The molecule has 0 radical (unpaired) electrons. The van der Waals surface area contributed by atoms with Crippen LogP contribution in [0.5, 0.6) is 0 Å². The van der Waals surface area contributed by atoms with Crippen molar-refractivity contribution in [3.8, 4) is 0 Å². The van der Waals surface area contributed by atoms with Gasteiger partial charge >= 0.3 is 5.69 Å². The Kier molecular flexibility index (Phi) is 3.05. The lowest BCUT2D eigenvalue weighted by molar-refractivity contribution is 0.0995. The van der Waals surface area contributed by atoms with Gasteiger partial charge < -0.3 is 16.0 Å². The number of fused-ring (bicyclic) bond motifs is 1. The quantitative estimate of drug-likeness (QED) is 0.565. The number of carbonyl (C=O) groups excluding carboxylic acids is 1. The highest BCUT2D eigenvalue weighted by Gasteiger charge is 2.34. The monoisotopic (exact) mass is 323 g/mol. The molecule has 0 bridgehead atoms. The summed E-state index contributed by atoms with van der Waals surface area (Å²) in [5.41, 5.74) is 7.68. The van der Waals surface area contributed by atoms with Crippen molar-refractivity contribution in [1.29, 1.82) is 0 Å².